The number of alkyl carbamates (subject to hydrolysis) is 1. The summed E-state index contributed by atoms with van der Waals surface area (Å²) in [4.78, 5) is 38.5. The molecule has 3 rings (SSSR count). The van der Waals surface area contributed by atoms with Crippen molar-refractivity contribution in [2.45, 2.75) is 6.92 Å². The van der Waals surface area contributed by atoms with Gasteiger partial charge in [0.25, 0.3) is 5.56 Å². The standard InChI is InChI=1S/C21H20N4O4S/c1-3-29-20(27)23-18(30)16-17(22-2)24(14-10-6-4-7-11-14)21(28)25(19(16)26)15-12-8-5-9-13-15/h4-13,22H,3H2,1-2H3,(H,23,27,30). The summed E-state index contributed by atoms with van der Waals surface area (Å²) in [6.07, 6.45) is -0.785. The Morgan fingerprint density at radius 3 is 2.00 bits per heavy atom. The first kappa shape index (κ1) is 21.0. The van der Waals surface area contributed by atoms with Crippen molar-refractivity contribution in [3.63, 3.8) is 0 Å². The fourth-order valence-corrected chi connectivity index (χ4v) is 3.26. The van der Waals surface area contributed by atoms with E-state index in [1.165, 1.54) is 4.57 Å². The summed E-state index contributed by atoms with van der Waals surface area (Å²) in [5.41, 5.74) is -0.376. The number of hydrogen-bond donors (Lipinski definition) is 2. The van der Waals surface area contributed by atoms with Gasteiger partial charge in [-0.3, -0.25) is 10.1 Å². The molecule has 2 aromatic carbocycles. The molecule has 0 aliphatic heterocycles. The normalized spacial score (nSPS) is 10.3. The lowest BCUT2D eigenvalue weighted by Crippen LogP contribution is -2.45. The van der Waals surface area contributed by atoms with E-state index in [9.17, 15) is 14.4 Å². The molecule has 0 saturated heterocycles. The van der Waals surface area contributed by atoms with Crippen molar-refractivity contribution >= 4 is 29.1 Å². The minimum absolute atomic E-state index is 0.0344. The number of aromatic nitrogens is 2. The lowest BCUT2D eigenvalue weighted by atomic mass is 10.2. The molecule has 1 amide bonds. The second-order valence-electron chi connectivity index (χ2n) is 6.08. The Hall–Kier alpha value is -3.72. The van der Waals surface area contributed by atoms with Gasteiger partial charge in [-0.15, -0.1) is 0 Å². The van der Waals surface area contributed by atoms with Crippen LogP contribution in [0, 0.1) is 0 Å². The number of carbonyl (C=O) groups excluding carboxylic acids is 1. The Kier molecular flexibility index (Phi) is 6.43. The van der Waals surface area contributed by atoms with Crippen LogP contribution in [0.15, 0.2) is 70.3 Å². The molecule has 0 radical (unpaired) electrons. The number of carbonyl (C=O) groups is 1. The first-order chi connectivity index (χ1) is 14.5. The fourth-order valence-electron chi connectivity index (χ4n) is 2.99. The number of ether oxygens (including phenoxy) is 1. The highest BCUT2D eigenvalue weighted by atomic mass is 32.1. The Morgan fingerprint density at radius 1 is 0.967 bits per heavy atom. The summed E-state index contributed by atoms with van der Waals surface area (Å²) in [6.45, 7) is 1.80. The van der Waals surface area contributed by atoms with Crippen molar-refractivity contribution in [1.29, 1.82) is 0 Å². The Balaban J connectivity index is 2.36. The second kappa shape index (κ2) is 9.19. The van der Waals surface area contributed by atoms with Gasteiger partial charge < -0.3 is 10.1 Å². The maximum Gasteiger partial charge on any atom is 0.412 e. The third-order valence-electron chi connectivity index (χ3n) is 4.24. The van der Waals surface area contributed by atoms with Crippen LogP contribution in [-0.4, -0.2) is 33.9 Å². The molecule has 8 nitrogen and oxygen atoms in total. The molecule has 2 N–H and O–H groups in total. The van der Waals surface area contributed by atoms with Crippen molar-refractivity contribution in [1.82, 2.24) is 14.5 Å². The first-order valence-corrected chi connectivity index (χ1v) is 9.59. The predicted octanol–water partition coefficient (Wildman–Crippen LogP) is 2.45. The van der Waals surface area contributed by atoms with E-state index in [2.05, 4.69) is 10.6 Å². The highest BCUT2D eigenvalue weighted by Gasteiger charge is 2.24. The molecule has 0 aliphatic carbocycles. The van der Waals surface area contributed by atoms with Crippen LogP contribution in [0.25, 0.3) is 11.4 Å². The minimum atomic E-state index is -0.785. The SMILES string of the molecule is CCOC(=O)NC(=S)c1c(NC)n(-c2ccccc2)c(=O)n(-c2ccccc2)c1=O. The number of amides is 1. The summed E-state index contributed by atoms with van der Waals surface area (Å²) in [6, 6.07) is 17.3. The van der Waals surface area contributed by atoms with Crippen LogP contribution in [0.1, 0.15) is 12.5 Å². The summed E-state index contributed by atoms with van der Waals surface area (Å²) in [5, 5.41) is 5.27. The van der Waals surface area contributed by atoms with Crippen LogP contribution in [0.4, 0.5) is 10.6 Å². The smallest absolute Gasteiger partial charge is 0.412 e. The highest BCUT2D eigenvalue weighted by Crippen LogP contribution is 2.17. The molecule has 0 unspecified atom stereocenters. The van der Waals surface area contributed by atoms with Gasteiger partial charge in [0.1, 0.15) is 16.4 Å². The molecule has 154 valence electrons. The number of nitrogens with zero attached hydrogens (tertiary/aromatic N) is 2. The van der Waals surface area contributed by atoms with E-state index in [1.54, 1.807) is 68.6 Å². The first-order valence-electron chi connectivity index (χ1n) is 9.18. The van der Waals surface area contributed by atoms with E-state index in [4.69, 9.17) is 17.0 Å². The van der Waals surface area contributed by atoms with Gasteiger partial charge in [0.2, 0.25) is 0 Å². The summed E-state index contributed by atoms with van der Waals surface area (Å²) in [7, 11) is 1.57. The van der Waals surface area contributed by atoms with Crippen LogP contribution in [0.5, 0.6) is 0 Å². The van der Waals surface area contributed by atoms with E-state index in [0.29, 0.717) is 11.4 Å². The van der Waals surface area contributed by atoms with Gasteiger partial charge in [0.15, 0.2) is 0 Å². The monoisotopic (exact) mass is 424 g/mol. The van der Waals surface area contributed by atoms with E-state index in [-0.39, 0.29) is 23.0 Å². The average Bonchev–Trinajstić information content (AvgIpc) is 2.74. The predicted molar refractivity (Wildman–Crippen MR) is 119 cm³/mol. The fraction of sp³-hybridized carbons (Fsp3) is 0.143. The third kappa shape index (κ3) is 4.01. The molecule has 0 spiro atoms. The number of hydrogen-bond acceptors (Lipinski definition) is 6. The van der Waals surface area contributed by atoms with Crippen molar-refractivity contribution in [3.05, 3.63) is 87.1 Å². The molecular weight excluding hydrogens is 404 g/mol. The maximum absolute atomic E-state index is 13.4. The van der Waals surface area contributed by atoms with Crippen molar-refractivity contribution in [2.24, 2.45) is 0 Å². The highest BCUT2D eigenvalue weighted by molar-refractivity contribution is 7.80. The van der Waals surface area contributed by atoms with Gasteiger partial charge in [0, 0.05) is 7.05 Å². The van der Waals surface area contributed by atoms with Crippen LogP contribution in [0.2, 0.25) is 0 Å². The molecule has 1 aromatic heterocycles. The second-order valence-corrected chi connectivity index (χ2v) is 6.49. The lowest BCUT2D eigenvalue weighted by Gasteiger charge is -2.19. The number of anilines is 1. The lowest BCUT2D eigenvalue weighted by molar-refractivity contribution is 0.158. The van der Waals surface area contributed by atoms with Gasteiger partial charge >= 0.3 is 11.8 Å². The molecule has 1 heterocycles. The van der Waals surface area contributed by atoms with Crippen LogP contribution in [-0.2, 0) is 4.74 Å². The summed E-state index contributed by atoms with van der Waals surface area (Å²) in [5.74, 6) is 0.158. The quantitative estimate of drug-likeness (QED) is 0.611. The summed E-state index contributed by atoms with van der Waals surface area (Å²) >= 11 is 5.33. The maximum atomic E-state index is 13.4. The van der Waals surface area contributed by atoms with Crippen molar-refractivity contribution in [3.8, 4) is 11.4 Å². The molecular formula is C21H20N4O4S. The Bertz CT molecular complexity index is 1190. The van der Waals surface area contributed by atoms with E-state index >= 15 is 0 Å². The zero-order valence-corrected chi connectivity index (χ0v) is 17.2. The molecule has 9 heteroatoms. The number of para-hydroxylation sites is 2. The van der Waals surface area contributed by atoms with Gasteiger partial charge in [-0.25, -0.2) is 18.7 Å². The number of rotatable bonds is 5. The van der Waals surface area contributed by atoms with Crippen molar-refractivity contribution in [2.75, 3.05) is 19.0 Å². The number of nitrogens with one attached hydrogen (secondary N) is 2. The Morgan fingerprint density at radius 2 is 1.50 bits per heavy atom. The molecule has 3 aromatic rings. The molecule has 30 heavy (non-hydrogen) atoms. The average molecular weight is 424 g/mol. The van der Waals surface area contributed by atoms with Gasteiger partial charge in [-0.1, -0.05) is 48.6 Å². The molecule has 0 atom stereocenters. The number of benzene rings is 2. The van der Waals surface area contributed by atoms with E-state index in [1.807, 2.05) is 6.07 Å². The molecule has 0 saturated carbocycles. The van der Waals surface area contributed by atoms with Gasteiger partial charge in [-0.2, -0.15) is 0 Å². The Labute approximate surface area is 177 Å². The largest absolute Gasteiger partial charge is 0.450 e. The molecule has 0 aliphatic rings. The van der Waals surface area contributed by atoms with E-state index < -0.39 is 17.3 Å². The van der Waals surface area contributed by atoms with Crippen molar-refractivity contribution < 1.29 is 9.53 Å². The third-order valence-corrected chi connectivity index (χ3v) is 4.55. The number of thiocarbonyl (C=S) groups is 1. The summed E-state index contributed by atoms with van der Waals surface area (Å²) < 4.78 is 7.22. The molecule has 0 bridgehead atoms. The van der Waals surface area contributed by atoms with Crippen LogP contribution < -0.4 is 21.9 Å². The van der Waals surface area contributed by atoms with Gasteiger partial charge in [0.05, 0.1) is 18.0 Å². The van der Waals surface area contributed by atoms with Gasteiger partial charge in [-0.05, 0) is 31.2 Å². The van der Waals surface area contributed by atoms with Crippen LogP contribution >= 0.6 is 12.2 Å². The van der Waals surface area contributed by atoms with Crippen LogP contribution in [0.3, 0.4) is 0 Å². The zero-order chi connectivity index (χ0) is 21.7. The minimum Gasteiger partial charge on any atom is -0.450 e. The molecule has 0 fully saturated rings. The van der Waals surface area contributed by atoms with E-state index in [0.717, 1.165) is 4.57 Å². The topological polar surface area (TPSA) is 94.4 Å². The zero-order valence-electron chi connectivity index (χ0n) is 16.4.